The van der Waals surface area contributed by atoms with Gasteiger partial charge >= 0.3 is 5.97 Å². The largest absolute Gasteiger partial charge is 0.496 e. The fourth-order valence-corrected chi connectivity index (χ4v) is 5.97. The SMILES string of the molecule is CCOC(=O)C1=C(C)N=c2s/c(=C/c3cccc(Cl)c3Cl)c(=O)n2C1c1c(OC)ccc2ccccc12. The number of benzene rings is 3. The van der Waals surface area contributed by atoms with Crippen molar-refractivity contribution in [2.45, 2.75) is 19.9 Å². The molecule has 2 heterocycles. The van der Waals surface area contributed by atoms with Crippen LogP contribution >= 0.6 is 34.5 Å². The number of ether oxygens (including phenoxy) is 2. The van der Waals surface area contributed by atoms with E-state index in [2.05, 4.69) is 4.99 Å². The van der Waals surface area contributed by atoms with Gasteiger partial charge < -0.3 is 9.47 Å². The molecule has 0 bridgehead atoms. The molecule has 1 aromatic heterocycles. The second-order valence-electron chi connectivity index (χ2n) is 8.35. The summed E-state index contributed by atoms with van der Waals surface area (Å²) < 4.78 is 13.1. The van der Waals surface area contributed by atoms with E-state index in [0.717, 1.165) is 10.8 Å². The van der Waals surface area contributed by atoms with Crippen molar-refractivity contribution < 1.29 is 14.3 Å². The van der Waals surface area contributed by atoms with Crippen LogP contribution < -0.4 is 19.6 Å². The summed E-state index contributed by atoms with van der Waals surface area (Å²) in [5.74, 6) is 0.0172. The van der Waals surface area contributed by atoms with Crippen LogP contribution in [0.4, 0.5) is 0 Å². The molecule has 0 radical (unpaired) electrons. The number of hydrogen-bond acceptors (Lipinski definition) is 6. The Morgan fingerprint density at radius 2 is 1.92 bits per heavy atom. The quantitative estimate of drug-likeness (QED) is 0.316. The van der Waals surface area contributed by atoms with E-state index in [9.17, 15) is 9.59 Å². The number of fused-ring (bicyclic) bond motifs is 2. The molecule has 0 N–H and O–H groups in total. The molecular formula is C28H22Cl2N2O4S. The number of allylic oxidation sites excluding steroid dienone is 1. The molecule has 5 rings (SSSR count). The van der Waals surface area contributed by atoms with Gasteiger partial charge in [0.25, 0.3) is 5.56 Å². The summed E-state index contributed by atoms with van der Waals surface area (Å²) in [5, 5.41) is 2.55. The normalized spacial score (nSPS) is 15.5. The lowest BCUT2D eigenvalue weighted by Gasteiger charge is -2.27. The third-order valence-electron chi connectivity index (χ3n) is 6.21. The average Bonchev–Trinajstić information content (AvgIpc) is 3.19. The number of methoxy groups -OCH3 is 1. The fourth-order valence-electron chi connectivity index (χ4n) is 4.57. The van der Waals surface area contributed by atoms with Gasteiger partial charge in [0.2, 0.25) is 0 Å². The summed E-state index contributed by atoms with van der Waals surface area (Å²) in [6, 6.07) is 16.0. The van der Waals surface area contributed by atoms with Crippen LogP contribution in [0.3, 0.4) is 0 Å². The molecule has 1 aliphatic heterocycles. The van der Waals surface area contributed by atoms with E-state index in [4.69, 9.17) is 32.7 Å². The summed E-state index contributed by atoms with van der Waals surface area (Å²) in [6.07, 6.45) is 1.69. The summed E-state index contributed by atoms with van der Waals surface area (Å²) >= 11 is 13.8. The molecule has 0 spiro atoms. The molecular weight excluding hydrogens is 531 g/mol. The van der Waals surface area contributed by atoms with Gasteiger partial charge in [0.15, 0.2) is 4.80 Å². The standard InChI is InChI=1S/C28H22Cl2N2O4S/c1-4-36-27(34)22-15(2)31-28-32(26(33)21(37-28)14-17-9-7-11-19(29)24(17)30)25(22)23-18-10-6-5-8-16(18)12-13-20(23)35-3/h5-14,25H,4H2,1-3H3/b21-14+. The zero-order valence-electron chi connectivity index (χ0n) is 20.2. The van der Waals surface area contributed by atoms with E-state index in [1.54, 1.807) is 49.8 Å². The van der Waals surface area contributed by atoms with E-state index in [0.29, 0.717) is 42.0 Å². The van der Waals surface area contributed by atoms with Gasteiger partial charge in [-0.1, -0.05) is 77.0 Å². The molecule has 3 aromatic carbocycles. The first kappa shape index (κ1) is 25.3. The monoisotopic (exact) mass is 552 g/mol. The minimum atomic E-state index is -0.812. The molecule has 9 heteroatoms. The summed E-state index contributed by atoms with van der Waals surface area (Å²) in [7, 11) is 1.57. The zero-order valence-corrected chi connectivity index (χ0v) is 22.6. The lowest BCUT2D eigenvalue weighted by molar-refractivity contribution is -0.139. The van der Waals surface area contributed by atoms with E-state index in [1.807, 2.05) is 36.4 Å². The number of aromatic nitrogens is 1. The van der Waals surface area contributed by atoms with E-state index >= 15 is 0 Å². The smallest absolute Gasteiger partial charge is 0.338 e. The molecule has 1 atom stereocenters. The average molecular weight is 553 g/mol. The highest BCUT2D eigenvalue weighted by atomic mass is 35.5. The first-order valence-corrected chi connectivity index (χ1v) is 13.1. The van der Waals surface area contributed by atoms with Crippen LogP contribution in [-0.2, 0) is 9.53 Å². The molecule has 188 valence electrons. The number of hydrogen-bond donors (Lipinski definition) is 0. The van der Waals surface area contributed by atoms with Gasteiger partial charge in [0.1, 0.15) is 11.8 Å². The fraction of sp³-hybridized carbons (Fsp3) is 0.179. The zero-order chi connectivity index (χ0) is 26.3. The number of carbonyl (C=O) groups is 1. The number of esters is 1. The van der Waals surface area contributed by atoms with Crippen molar-refractivity contribution in [3.05, 3.63) is 107 Å². The van der Waals surface area contributed by atoms with Crippen molar-refractivity contribution in [3.63, 3.8) is 0 Å². The predicted octanol–water partition coefficient (Wildman–Crippen LogP) is 5.27. The molecule has 6 nitrogen and oxygen atoms in total. The second kappa shape index (κ2) is 10.2. The molecule has 0 amide bonds. The Labute approximate surface area is 226 Å². The number of rotatable bonds is 5. The first-order valence-electron chi connectivity index (χ1n) is 11.5. The van der Waals surface area contributed by atoms with Crippen LogP contribution in [0.15, 0.2) is 75.7 Å². The number of halogens is 2. The lowest BCUT2D eigenvalue weighted by Crippen LogP contribution is -2.40. The molecule has 0 aliphatic carbocycles. The maximum atomic E-state index is 14.0. The minimum absolute atomic E-state index is 0.187. The predicted molar refractivity (Wildman–Crippen MR) is 147 cm³/mol. The van der Waals surface area contributed by atoms with Crippen LogP contribution in [0, 0.1) is 0 Å². The van der Waals surface area contributed by atoms with Crippen molar-refractivity contribution in [3.8, 4) is 5.75 Å². The number of nitrogens with zero attached hydrogens (tertiary/aromatic N) is 2. The topological polar surface area (TPSA) is 69.9 Å². The highest BCUT2D eigenvalue weighted by Gasteiger charge is 2.36. The van der Waals surface area contributed by atoms with Crippen molar-refractivity contribution in [2.75, 3.05) is 13.7 Å². The third kappa shape index (κ3) is 4.37. The summed E-state index contributed by atoms with van der Waals surface area (Å²) in [4.78, 5) is 32.4. The van der Waals surface area contributed by atoms with Crippen LogP contribution in [0.5, 0.6) is 5.75 Å². The lowest BCUT2D eigenvalue weighted by atomic mass is 9.90. The van der Waals surface area contributed by atoms with Crippen LogP contribution in [0.1, 0.15) is 31.0 Å². The van der Waals surface area contributed by atoms with Crippen molar-refractivity contribution in [1.29, 1.82) is 0 Å². The van der Waals surface area contributed by atoms with Crippen LogP contribution in [0.2, 0.25) is 10.0 Å². The van der Waals surface area contributed by atoms with Gasteiger partial charge in [-0.2, -0.15) is 0 Å². The van der Waals surface area contributed by atoms with Gasteiger partial charge in [-0.15, -0.1) is 0 Å². The Hall–Kier alpha value is -3.39. The highest BCUT2D eigenvalue weighted by molar-refractivity contribution is 7.07. The molecule has 0 saturated carbocycles. The van der Waals surface area contributed by atoms with Crippen molar-refractivity contribution in [2.24, 2.45) is 4.99 Å². The molecule has 0 saturated heterocycles. The van der Waals surface area contributed by atoms with Gasteiger partial charge in [-0.05, 0) is 48.4 Å². The molecule has 4 aromatic rings. The van der Waals surface area contributed by atoms with Crippen molar-refractivity contribution in [1.82, 2.24) is 4.57 Å². The van der Waals surface area contributed by atoms with Crippen molar-refractivity contribution >= 4 is 57.4 Å². The summed E-state index contributed by atoms with van der Waals surface area (Å²) in [6.45, 7) is 3.68. The van der Waals surface area contributed by atoms with Gasteiger partial charge in [-0.25, -0.2) is 9.79 Å². The molecule has 0 fully saturated rings. The maximum absolute atomic E-state index is 14.0. The Morgan fingerprint density at radius 1 is 1.14 bits per heavy atom. The van der Waals surface area contributed by atoms with E-state index in [-0.39, 0.29) is 17.7 Å². The Bertz CT molecular complexity index is 1770. The molecule has 37 heavy (non-hydrogen) atoms. The van der Waals surface area contributed by atoms with Gasteiger partial charge in [-0.3, -0.25) is 9.36 Å². The van der Waals surface area contributed by atoms with E-state index < -0.39 is 12.0 Å². The van der Waals surface area contributed by atoms with Gasteiger partial charge in [0, 0.05) is 5.56 Å². The Balaban J connectivity index is 1.86. The number of carbonyl (C=O) groups excluding carboxylic acids is 1. The van der Waals surface area contributed by atoms with Crippen LogP contribution in [-0.4, -0.2) is 24.3 Å². The summed E-state index contributed by atoms with van der Waals surface area (Å²) in [5.41, 5.74) is 1.75. The Kier molecular flexibility index (Phi) is 6.94. The van der Waals surface area contributed by atoms with Crippen LogP contribution in [0.25, 0.3) is 16.8 Å². The van der Waals surface area contributed by atoms with Gasteiger partial charge in [0.05, 0.1) is 39.6 Å². The minimum Gasteiger partial charge on any atom is -0.496 e. The first-order chi connectivity index (χ1) is 17.8. The third-order valence-corrected chi connectivity index (χ3v) is 8.03. The maximum Gasteiger partial charge on any atom is 0.338 e. The molecule has 1 unspecified atom stereocenters. The van der Waals surface area contributed by atoms with E-state index in [1.165, 1.54) is 11.3 Å². The highest BCUT2D eigenvalue weighted by Crippen LogP contribution is 2.40. The number of thiazole rings is 1. The molecule has 1 aliphatic rings. The second-order valence-corrected chi connectivity index (χ2v) is 10.1. The Morgan fingerprint density at radius 3 is 2.68 bits per heavy atom.